The fraction of sp³-hybridized carbons (Fsp3) is 0.306. The Hall–Kier alpha value is -4.41. The van der Waals surface area contributed by atoms with Gasteiger partial charge in [-0.05, 0) is 75.4 Å². The maximum Gasteiger partial charge on any atom is 0.193 e. The van der Waals surface area contributed by atoms with Crippen molar-refractivity contribution in [3.8, 4) is 28.3 Å². The molecule has 6 aromatic rings. The summed E-state index contributed by atoms with van der Waals surface area (Å²) in [6, 6.07) is 27.0. The van der Waals surface area contributed by atoms with Gasteiger partial charge in [-0.25, -0.2) is 9.97 Å². The van der Waals surface area contributed by atoms with Gasteiger partial charge in [0.1, 0.15) is 17.1 Å². The lowest BCUT2D eigenvalue weighted by Gasteiger charge is -2.25. The van der Waals surface area contributed by atoms with Crippen LogP contribution < -0.4 is 4.74 Å². The Morgan fingerprint density at radius 2 is 1.83 bits per heavy atom. The summed E-state index contributed by atoms with van der Waals surface area (Å²) in [5.41, 5.74) is 8.19. The third-order valence-electron chi connectivity index (χ3n) is 8.50. The van der Waals surface area contributed by atoms with Crippen LogP contribution >= 0.6 is 15.9 Å². The van der Waals surface area contributed by atoms with Crippen molar-refractivity contribution in [2.75, 3.05) is 6.61 Å². The molecule has 4 heterocycles. The van der Waals surface area contributed by atoms with E-state index in [1.54, 1.807) is 4.68 Å². The van der Waals surface area contributed by atoms with E-state index in [2.05, 4.69) is 97.5 Å². The first-order valence-electron chi connectivity index (χ1n) is 15.9. The van der Waals surface area contributed by atoms with Gasteiger partial charge in [-0.15, -0.1) is 5.10 Å². The molecule has 0 saturated carbocycles. The molecule has 0 aliphatic carbocycles. The van der Waals surface area contributed by atoms with Gasteiger partial charge in [0.05, 0.1) is 6.54 Å². The number of imidazole rings is 1. The lowest BCUT2D eigenvalue weighted by atomic mass is 9.97. The molecule has 0 bridgehead atoms. The zero-order valence-electron chi connectivity index (χ0n) is 26.2. The topological polar surface area (TPSA) is 92.8 Å². The summed E-state index contributed by atoms with van der Waals surface area (Å²) in [7, 11) is 0. The summed E-state index contributed by atoms with van der Waals surface area (Å²) in [6.45, 7) is 7.35. The molecule has 7 rings (SSSR count). The first kappa shape index (κ1) is 30.3. The number of alkyl halides is 1. The van der Waals surface area contributed by atoms with Crippen LogP contribution in [0.2, 0.25) is 0 Å². The molecule has 0 amide bonds. The highest BCUT2D eigenvalue weighted by Gasteiger charge is 2.41. The van der Waals surface area contributed by atoms with E-state index in [1.165, 1.54) is 5.56 Å². The van der Waals surface area contributed by atoms with Crippen molar-refractivity contribution < 1.29 is 9.47 Å². The maximum absolute atomic E-state index is 6.64. The number of tetrazole rings is 1. The predicted octanol–water partition coefficient (Wildman–Crippen LogP) is 7.88. The molecule has 0 N–H and O–H groups in total. The molecule has 3 aromatic carbocycles. The van der Waals surface area contributed by atoms with Gasteiger partial charge < -0.3 is 14.0 Å². The Labute approximate surface area is 276 Å². The van der Waals surface area contributed by atoms with Gasteiger partial charge in [0.2, 0.25) is 0 Å². The average molecular weight is 679 g/mol. The number of nitrogens with zero attached hydrogens (tertiary/aromatic N) is 7. The van der Waals surface area contributed by atoms with Gasteiger partial charge in [0.15, 0.2) is 22.2 Å². The van der Waals surface area contributed by atoms with Gasteiger partial charge in [-0.3, -0.25) is 0 Å². The number of pyridine rings is 1. The van der Waals surface area contributed by atoms with Gasteiger partial charge in [-0.1, -0.05) is 80.1 Å². The van der Waals surface area contributed by atoms with E-state index in [-0.39, 0.29) is 6.23 Å². The van der Waals surface area contributed by atoms with E-state index < -0.39 is 4.51 Å². The van der Waals surface area contributed by atoms with E-state index in [0.717, 1.165) is 69.8 Å². The van der Waals surface area contributed by atoms with E-state index in [1.807, 2.05) is 44.3 Å². The molecule has 0 saturated heterocycles. The molecule has 234 valence electrons. The van der Waals surface area contributed by atoms with Crippen molar-refractivity contribution in [3.63, 3.8) is 0 Å². The van der Waals surface area contributed by atoms with Crippen molar-refractivity contribution in [3.05, 3.63) is 108 Å². The molecule has 0 radical (unpaired) electrons. The highest BCUT2D eigenvalue weighted by atomic mass is 79.9. The summed E-state index contributed by atoms with van der Waals surface area (Å²) >= 11 is 3.99. The Morgan fingerprint density at radius 1 is 1.00 bits per heavy atom. The molecule has 1 aliphatic heterocycles. The molecule has 9 nitrogen and oxygen atoms in total. The average Bonchev–Trinajstić information content (AvgIpc) is 3.79. The number of unbranched alkanes of at least 4 members (excludes halogenated alkanes) is 1. The fourth-order valence-electron chi connectivity index (χ4n) is 6.23. The van der Waals surface area contributed by atoms with Crippen LogP contribution in [0.4, 0.5) is 0 Å². The number of hydrogen-bond donors (Lipinski definition) is 0. The number of aromatic nitrogens is 7. The number of rotatable bonds is 11. The Balaban J connectivity index is 1.19. The number of fused-ring (bicyclic) bond motifs is 2. The number of aryl methyl sites for hydroxylation is 1. The van der Waals surface area contributed by atoms with Gasteiger partial charge in [0.25, 0.3) is 0 Å². The van der Waals surface area contributed by atoms with E-state index in [9.17, 15) is 0 Å². The summed E-state index contributed by atoms with van der Waals surface area (Å²) < 4.78 is 15.6. The second kappa shape index (κ2) is 12.8. The van der Waals surface area contributed by atoms with E-state index in [0.29, 0.717) is 25.4 Å². The van der Waals surface area contributed by atoms with Crippen LogP contribution in [0.3, 0.4) is 0 Å². The zero-order valence-corrected chi connectivity index (χ0v) is 27.8. The van der Waals surface area contributed by atoms with Crippen LogP contribution in [0.1, 0.15) is 62.4 Å². The highest BCUT2D eigenvalue weighted by Crippen LogP contribution is 2.48. The highest BCUT2D eigenvalue weighted by molar-refractivity contribution is 9.09. The Bertz CT molecular complexity index is 1990. The number of benzene rings is 3. The van der Waals surface area contributed by atoms with E-state index >= 15 is 0 Å². The normalized spacial score (nSPS) is 16.4. The smallest absolute Gasteiger partial charge is 0.193 e. The SMILES string of the molecule is CCCCc1nc2cc(-c3ccccc3)cnc2n1Cc1ccc2c(c1)CC(Br)(c1ccccc1-c1nnnn1C(C)OCC)O2. The second-order valence-corrected chi connectivity index (χ2v) is 12.9. The summed E-state index contributed by atoms with van der Waals surface area (Å²) in [5.74, 6) is 2.55. The minimum absolute atomic E-state index is 0.306. The molecular formula is C36H36BrN7O2. The molecule has 1 aliphatic rings. The first-order chi connectivity index (χ1) is 22.5. The van der Waals surface area contributed by atoms with Gasteiger partial charge in [-0.2, -0.15) is 4.68 Å². The number of halogens is 1. The van der Waals surface area contributed by atoms with Crippen LogP contribution in [0, 0.1) is 0 Å². The maximum atomic E-state index is 6.64. The third-order valence-corrected chi connectivity index (χ3v) is 9.36. The molecule has 10 heteroatoms. The van der Waals surface area contributed by atoms with Crippen molar-refractivity contribution in [1.82, 2.24) is 34.7 Å². The van der Waals surface area contributed by atoms with Crippen LogP contribution in [-0.2, 0) is 28.6 Å². The standard InChI is InChI=1S/C36H36BrN7O2/c1-4-6-16-33-39-31-20-28(26-12-8-7-9-13-26)22-38-35(31)43(33)23-25-17-18-32-27(19-25)21-36(37,46-32)30-15-11-10-14-29(30)34-40-41-42-44(34)24(3)45-5-2/h7-15,17-20,22,24H,4-6,16,21,23H2,1-3H3. The minimum atomic E-state index is -0.778. The Morgan fingerprint density at radius 3 is 2.65 bits per heavy atom. The lowest BCUT2D eigenvalue weighted by Crippen LogP contribution is -2.25. The minimum Gasteiger partial charge on any atom is -0.471 e. The largest absolute Gasteiger partial charge is 0.471 e. The molecule has 0 spiro atoms. The molecule has 0 fully saturated rings. The van der Waals surface area contributed by atoms with E-state index in [4.69, 9.17) is 19.4 Å². The summed E-state index contributed by atoms with van der Waals surface area (Å²) in [5, 5.41) is 12.5. The van der Waals surface area contributed by atoms with Gasteiger partial charge in [0, 0.05) is 42.3 Å². The molecule has 3 aromatic heterocycles. The van der Waals surface area contributed by atoms with Crippen LogP contribution in [0.5, 0.6) is 5.75 Å². The Kier molecular flexibility index (Phi) is 8.40. The van der Waals surface area contributed by atoms with Crippen molar-refractivity contribution in [2.24, 2.45) is 0 Å². The lowest BCUT2D eigenvalue weighted by molar-refractivity contribution is 0.0158. The van der Waals surface area contributed by atoms with Crippen LogP contribution in [0.25, 0.3) is 33.7 Å². The van der Waals surface area contributed by atoms with Crippen molar-refractivity contribution in [1.29, 1.82) is 0 Å². The van der Waals surface area contributed by atoms with Gasteiger partial charge >= 0.3 is 0 Å². The second-order valence-electron chi connectivity index (χ2n) is 11.6. The fourth-order valence-corrected chi connectivity index (χ4v) is 7.05. The summed E-state index contributed by atoms with van der Waals surface area (Å²) in [6.07, 6.45) is 5.38. The van der Waals surface area contributed by atoms with Crippen LogP contribution in [0.15, 0.2) is 85.1 Å². The first-order valence-corrected chi connectivity index (χ1v) is 16.7. The summed E-state index contributed by atoms with van der Waals surface area (Å²) in [4.78, 5) is 10.00. The predicted molar refractivity (Wildman–Crippen MR) is 182 cm³/mol. The molecule has 2 atom stereocenters. The molecule has 46 heavy (non-hydrogen) atoms. The number of ether oxygens (including phenoxy) is 2. The van der Waals surface area contributed by atoms with Crippen molar-refractivity contribution >= 4 is 27.1 Å². The van der Waals surface area contributed by atoms with Crippen molar-refractivity contribution in [2.45, 2.75) is 63.7 Å². The third kappa shape index (κ3) is 5.71. The monoisotopic (exact) mass is 677 g/mol. The molecular weight excluding hydrogens is 642 g/mol. The zero-order chi connectivity index (χ0) is 31.7. The van der Waals surface area contributed by atoms with Crippen LogP contribution in [-0.4, -0.2) is 41.3 Å². The number of hydrogen-bond acceptors (Lipinski definition) is 7. The quantitative estimate of drug-likeness (QED) is 0.129. The molecule has 2 unspecified atom stereocenters.